The van der Waals surface area contributed by atoms with Gasteiger partial charge in [-0.1, -0.05) is 19.1 Å². The molecule has 0 radical (unpaired) electrons. The number of aliphatic hydroxyl groups is 1. The molecule has 0 aromatic carbocycles. The summed E-state index contributed by atoms with van der Waals surface area (Å²) in [5.74, 6) is -1.10. The molecule has 9 nitrogen and oxygen atoms in total. The highest BCUT2D eigenvalue weighted by Gasteiger charge is 2.56. The Morgan fingerprint density at radius 2 is 2.12 bits per heavy atom. The van der Waals surface area contributed by atoms with Crippen molar-refractivity contribution in [2.45, 2.75) is 45.3 Å². The number of carbonyl (C=O) groups is 2. The Hall–Kier alpha value is -3.20. The van der Waals surface area contributed by atoms with Gasteiger partial charge in [-0.15, -0.1) is 0 Å². The zero-order valence-electron chi connectivity index (χ0n) is 19.3. The SMILES string of the molecule is C/C=C\c1ccc2n(c1=O)C[C@H]1[C@H](CO)[C@@H](C(=O)NCCc3cn(C)cn3)N(C(=O)CC)[C@@H]21. The number of aliphatic hydroxyl groups excluding tert-OH is 1. The van der Waals surface area contributed by atoms with Crippen molar-refractivity contribution < 1.29 is 14.7 Å². The molecular formula is C24H31N5O4. The van der Waals surface area contributed by atoms with Crippen LogP contribution >= 0.6 is 0 Å². The van der Waals surface area contributed by atoms with Crippen molar-refractivity contribution in [2.75, 3.05) is 13.2 Å². The molecule has 2 amide bonds. The maximum atomic E-state index is 13.3. The van der Waals surface area contributed by atoms with E-state index < -0.39 is 18.0 Å². The lowest BCUT2D eigenvalue weighted by Crippen LogP contribution is -2.50. The molecule has 2 N–H and O–H groups in total. The minimum absolute atomic E-state index is 0.114. The average Bonchev–Trinajstić information content (AvgIpc) is 3.47. The highest BCUT2D eigenvalue weighted by atomic mass is 16.3. The lowest BCUT2D eigenvalue weighted by molar-refractivity contribution is -0.141. The smallest absolute Gasteiger partial charge is 0.258 e. The molecule has 2 aliphatic heterocycles. The molecule has 2 aromatic rings. The van der Waals surface area contributed by atoms with E-state index in [0.29, 0.717) is 25.1 Å². The van der Waals surface area contributed by atoms with Gasteiger partial charge in [0.05, 0.1) is 18.1 Å². The molecule has 0 unspecified atom stereocenters. The van der Waals surface area contributed by atoms with Gasteiger partial charge in [-0.05, 0) is 19.1 Å². The summed E-state index contributed by atoms with van der Waals surface area (Å²) in [4.78, 5) is 45.2. The average molecular weight is 454 g/mol. The fourth-order valence-corrected chi connectivity index (χ4v) is 5.29. The number of hydrogen-bond acceptors (Lipinski definition) is 5. The second-order valence-electron chi connectivity index (χ2n) is 8.76. The molecule has 0 saturated carbocycles. The first-order valence-corrected chi connectivity index (χ1v) is 11.4. The largest absolute Gasteiger partial charge is 0.396 e. The van der Waals surface area contributed by atoms with Gasteiger partial charge in [0.15, 0.2) is 0 Å². The minimum atomic E-state index is -0.778. The number of rotatable bonds is 7. The van der Waals surface area contributed by atoms with E-state index in [9.17, 15) is 19.5 Å². The predicted octanol–water partition coefficient (Wildman–Crippen LogP) is 0.874. The van der Waals surface area contributed by atoms with E-state index in [2.05, 4.69) is 10.3 Å². The van der Waals surface area contributed by atoms with Crippen LogP contribution in [0.15, 0.2) is 35.5 Å². The molecule has 9 heteroatoms. The van der Waals surface area contributed by atoms with Gasteiger partial charge in [-0.25, -0.2) is 4.98 Å². The Labute approximate surface area is 192 Å². The van der Waals surface area contributed by atoms with Crippen molar-refractivity contribution in [3.8, 4) is 0 Å². The summed E-state index contributed by atoms with van der Waals surface area (Å²) in [6.07, 6.45) is 7.99. The van der Waals surface area contributed by atoms with Crippen molar-refractivity contribution in [1.82, 2.24) is 24.3 Å². The van der Waals surface area contributed by atoms with Crippen LogP contribution < -0.4 is 10.9 Å². The summed E-state index contributed by atoms with van der Waals surface area (Å²) < 4.78 is 3.54. The number of allylic oxidation sites excluding steroid dienone is 1. The number of nitrogens with one attached hydrogen (secondary N) is 1. The Balaban J connectivity index is 1.62. The third-order valence-electron chi connectivity index (χ3n) is 6.75. The minimum Gasteiger partial charge on any atom is -0.396 e. The van der Waals surface area contributed by atoms with E-state index in [-0.39, 0.29) is 36.3 Å². The van der Waals surface area contributed by atoms with E-state index in [4.69, 9.17) is 0 Å². The first-order chi connectivity index (χ1) is 15.9. The van der Waals surface area contributed by atoms with Crippen molar-refractivity contribution >= 4 is 17.9 Å². The zero-order valence-corrected chi connectivity index (χ0v) is 19.3. The molecule has 2 aromatic heterocycles. The van der Waals surface area contributed by atoms with Gasteiger partial charge in [0, 0.05) is 68.9 Å². The quantitative estimate of drug-likeness (QED) is 0.647. The van der Waals surface area contributed by atoms with Gasteiger partial charge in [-0.3, -0.25) is 14.4 Å². The van der Waals surface area contributed by atoms with Crippen LogP contribution in [0.1, 0.15) is 43.3 Å². The number of hydrogen-bond donors (Lipinski definition) is 2. The van der Waals surface area contributed by atoms with Crippen molar-refractivity contribution in [2.24, 2.45) is 18.9 Å². The van der Waals surface area contributed by atoms with Crippen LogP contribution in [-0.2, 0) is 29.6 Å². The lowest BCUT2D eigenvalue weighted by Gasteiger charge is -2.30. The first-order valence-electron chi connectivity index (χ1n) is 11.4. The highest BCUT2D eigenvalue weighted by Crippen LogP contribution is 2.49. The van der Waals surface area contributed by atoms with Crippen LogP contribution in [0.2, 0.25) is 0 Å². The summed E-state index contributed by atoms with van der Waals surface area (Å²) >= 11 is 0. The topological polar surface area (TPSA) is 109 Å². The molecule has 1 saturated heterocycles. The van der Waals surface area contributed by atoms with E-state index in [1.54, 1.807) is 34.9 Å². The van der Waals surface area contributed by atoms with Crippen LogP contribution in [0, 0.1) is 11.8 Å². The summed E-state index contributed by atoms with van der Waals surface area (Å²) in [6, 6.07) is 2.45. The highest BCUT2D eigenvalue weighted by molar-refractivity contribution is 5.89. The number of aryl methyl sites for hydroxylation is 1. The fraction of sp³-hybridized carbons (Fsp3) is 0.500. The number of imidazole rings is 1. The fourth-order valence-electron chi connectivity index (χ4n) is 5.29. The van der Waals surface area contributed by atoms with E-state index >= 15 is 0 Å². The number of carbonyl (C=O) groups excluding carboxylic acids is 2. The van der Waals surface area contributed by atoms with E-state index in [1.807, 2.05) is 36.9 Å². The molecular weight excluding hydrogens is 422 g/mol. The molecule has 0 spiro atoms. The van der Waals surface area contributed by atoms with Crippen molar-refractivity contribution in [3.05, 3.63) is 58.0 Å². The number of fused-ring (bicyclic) bond motifs is 3. The maximum absolute atomic E-state index is 13.3. The van der Waals surface area contributed by atoms with Crippen LogP contribution in [-0.4, -0.2) is 55.1 Å². The molecule has 33 heavy (non-hydrogen) atoms. The third-order valence-corrected chi connectivity index (χ3v) is 6.75. The molecule has 0 bridgehead atoms. The van der Waals surface area contributed by atoms with Crippen molar-refractivity contribution in [1.29, 1.82) is 0 Å². The Kier molecular flexibility index (Phi) is 6.51. The summed E-state index contributed by atoms with van der Waals surface area (Å²) in [7, 11) is 1.89. The molecule has 4 heterocycles. The van der Waals surface area contributed by atoms with Gasteiger partial charge < -0.3 is 24.5 Å². The van der Waals surface area contributed by atoms with Crippen LogP contribution in [0.3, 0.4) is 0 Å². The van der Waals surface area contributed by atoms with Crippen LogP contribution in [0.4, 0.5) is 0 Å². The standard InChI is InChI=1S/C24H31N5O4/c1-4-6-15-7-8-19-21-17(12-28(19)24(15)33)18(13-30)22(29(21)20(31)5-2)23(32)25-10-9-16-11-27(3)14-26-16/h4,6-8,11,14,17-18,21-22,30H,5,9-10,12-13H2,1-3H3,(H,25,32)/b6-4-/t17-,18-,21+,22-/m0/s1. The number of likely N-dealkylation sites (tertiary alicyclic amines) is 1. The molecule has 1 fully saturated rings. The normalized spacial score (nSPS) is 23.7. The Morgan fingerprint density at radius 3 is 2.76 bits per heavy atom. The Morgan fingerprint density at radius 1 is 1.33 bits per heavy atom. The summed E-state index contributed by atoms with van der Waals surface area (Å²) in [5, 5.41) is 13.2. The molecule has 176 valence electrons. The monoisotopic (exact) mass is 453 g/mol. The van der Waals surface area contributed by atoms with Gasteiger partial charge in [0.25, 0.3) is 5.56 Å². The van der Waals surface area contributed by atoms with Gasteiger partial charge in [0.2, 0.25) is 11.8 Å². The predicted molar refractivity (Wildman–Crippen MR) is 123 cm³/mol. The maximum Gasteiger partial charge on any atom is 0.258 e. The summed E-state index contributed by atoms with van der Waals surface area (Å²) in [6.45, 7) is 4.14. The molecule has 4 atom stereocenters. The van der Waals surface area contributed by atoms with E-state index in [1.165, 1.54) is 0 Å². The van der Waals surface area contributed by atoms with Gasteiger partial charge in [-0.2, -0.15) is 0 Å². The number of nitrogens with zero attached hydrogens (tertiary/aromatic N) is 4. The lowest BCUT2D eigenvalue weighted by atomic mass is 9.88. The summed E-state index contributed by atoms with van der Waals surface area (Å²) in [5.41, 5.74) is 2.06. The van der Waals surface area contributed by atoms with Crippen LogP contribution in [0.25, 0.3) is 6.08 Å². The first kappa shape index (κ1) is 23.0. The second-order valence-corrected chi connectivity index (χ2v) is 8.76. The zero-order chi connectivity index (χ0) is 23.7. The second kappa shape index (κ2) is 9.35. The molecule has 4 rings (SSSR count). The molecule has 0 aliphatic carbocycles. The Bertz CT molecular complexity index is 1130. The number of aromatic nitrogens is 3. The van der Waals surface area contributed by atoms with Gasteiger partial charge in [0.1, 0.15) is 6.04 Å². The molecule has 2 aliphatic rings. The van der Waals surface area contributed by atoms with Crippen LogP contribution in [0.5, 0.6) is 0 Å². The van der Waals surface area contributed by atoms with Crippen molar-refractivity contribution in [3.63, 3.8) is 0 Å². The van der Waals surface area contributed by atoms with Gasteiger partial charge >= 0.3 is 0 Å². The van der Waals surface area contributed by atoms with E-state index in [0.717, 1.165) is 11.4 Å². The number of pyridine rings is 1. The number of amides is 2. The third kappa shape index (κ3) is 4.01.